The highest BCUT2D eigenvalue weighted by Gasteiger charge is 2.18. The Balaban J connectivity index is 2.41. The summed E-state index contributed by atoms with van der Waals surface area (Å²) in [5.41, 5.74) is 8.41. The topological polar surface area (TPSA) is 101 Å². The summed E-state index contributed by atoms with van der Waals surface area (Å²) in [6.07, 6.45) is 1.29. The molecular weight excluding hydrogens is 264 g/mol. The molecule has 19 heavy (non-hydrogen) atoms. The van der Waals surface area contributed by atoms with Crippen molar-refractivity contribution in [2.24, 2.45) is 0 Å². The summed E-state index contributed by atoms with van der Waals surface area (Å²) in [7, 11) is -3.66. The number of imidazole rings is 1. The number of nitrogens with two attached hydrogens (primary N) is 1. The molecule has 1 heterocycles. The first kappa shape index (κ1) is 13.4. The van der Waals surface area contributed by atoms with Crippen LogP contribution in [0.2, 0.25) is 0 Å². The summed E-state index contributed by atoms with van der Waals surface area (Å²) in [5.74, 6) is 0.547. The van der Waals surface area contributed by atoms with Gasteiger partial charge in [-0.3, -0.25) is 4.72 Å². The Hall–Kier alpha value is -2.02. The Morgan fingerprint density at radius 1 is 1.21 bits per heavy atom. The van der Waals surface area contributed by atoms with Crippen LogP contribution in [0.5, 0.6) is 0 Å². The minimum atomic E-state index is -3.66. The molecule has 0 amide bonds. The predicted molar refractivity (Wildman–Crippen MR) is 74.5 cm³/mol. The molecule has 1 aromatic carbocycles. The SMILES string of the molecule is Cc1ncc(S(=O)(=O)Nc2c(C)cc(N)cc2C)[nH]1. The number of nitrogens with zero attached hydrogens (tertiary/aromatic N) is 1. The molecular formula is C12H16N4O2S. The molecule has 6 nitrogen and oxygen atoms in total. The van der Waals surface area contributed by atoms with Gasteiger partial charge in [0.1, 0.15) is 5.82 Å². The standard InChI is InChI=1S/C12H16N4O2S/c1-7-4-10(13)5-8(2)12(7)16-19(17,18)11-6-14-9(3)15-11/h4-6,16H,13H2,1-3H3,(H,14,15). The fourth-order valence-corrected chi connectivity index (χ4v) is 3.06. The summed E-state index contributed by atoms with van der Waals surface area (Å²) < 4.78 is 26.9. The molecule has 2 aromatic rings. The Morgan fingerprint density at radius 3 is 2.26 bits per heavy atom. The summed E-state index contributed by atoms with van der Waals surface area (Å²) in [6.45, 7) is 5.30. The average molecular weight is 280 g/mol. The molecule has 0 saturated heterocycles. The lowest BCUT2D eigenvalue weighted by Gasteiger charge is -2.13. The molecule has 4 N–H and O–H groups in total. The van der Waals surface area contributed by atoms with Crippen LogP contribution in [0.15, 0.2) is 23.4 Å². The van der Waals surface area contributed by atoms with Gasteiger partial charge in [-0.05, 0) is 44.0 Å². The van der Waals surface area contributed by atoms with Gasteiger partial charge in [-0.25, -0.2) is 4.98 Å². The molecule has 0 aliphatic rings. The summed E-state index contributed by atoms with van der Waals surface area (Å²) >= 11 is 0. The van der Waals surface area contributed by atoms with E-state index in [-0.39, 0.29) is 5.03 Å². The molecule has 0 aliphatic carbocycles. The molecule has 0 fully saturated rings. The van der Waals surface area contributed by atoms with Crippen LogP contribution in [-0.4, -0.2) is 18.4 Å². The van der Waals surface area contributed by atoms with E-state index >= 15 is 0 Å². The largest absolute Gasteiger partial charge is 0.399 e. The van der Waals surface area contributed by atoms with Gasteiger partial charge in [0.25, 0.3) is 10.0 Å². The predicted octanol–water partition coefficient (Wildman–Crippen LogP) is 1.72. The van der Waals surface area contributed by atoms with Crippen molar-refractivity contribution in [2.75, 3.05) is 10.5 Å². The maximum atomic E-state index is 12.2. The van der Waals surface area contributed by atoms with E-state index in [0.29, 0.717) is 17.2 Å². The van der Waals surface area contributed by atoms with Gasteiger partial charge in [0.15, 0.2) is 5.03 Å². The fraction of sp³-hybridized carbons (Fsp3) is 0.250. The third-order valence-corrected chi connectivity index (χ3v) is 4.02. The van der Waals surface area contributed by atoms with Crippen molar-refractivity contribution >= 4 is 21.4 Å². The van der Waals surface area contributed by atoms with E-state index in [0.717, 1.165) is 11.1 Å². The van der Waals surface area contributed by atoms with Crippen molar-refractivity contribution in [3.63, 3.8) is 0 Å². The van der Waals surface area contributed by atoms with Crippen LogP contribution in [0.1, 0.15) is 17.0 Å². The molecule has 7 heteroatoms. The zero-order valence-corrected chi connectivity index (χ0v) is 11.8. The van der Waals surface area contributed by atoms with E-state index in [1.54, 1.807) is 32.9 Å². The molecule has 0 spiro atoms. The van der Waals surface area contributed by atoms with Gasteiger partial charge in [-0.2, -0.15) is 8.42 Å². The molecule has 2 rings (SSSR count). The molecule has 0 bridgehead atoms. The molecule has 102 valence electrons. The van der Waals surface area contributed by atoms with Gasteiger partial charge in [-0.1, -0.05) is 0 Å². The number of hydrogen-bond donors (Lipinski definition) is 3. The number of aryl methyl sites for hydroxylation is 3. The van der Waals surface area contributed by atoms with Crippen LogP contribution >= 0.6 is 0 Å². The maximum Gasteiger partial charge on any atom is 0.279 e. The first-order valence-corrected chi connectivity index (χ1v) is 7.19. The van der Waals surface area contributed by atoms with Crippen molar-refractivity contribution in [3.05, 3.63) is 35.3 Å². The summed E-state index contributed by atoms with van der Waals surface area (Å²) in [6, 6.07) is 3.45. The van der Waals surface area contributed by atoms with Gasteiger partial charge in [0.05, 0.1) is 11.9 Å². The highest BCUT2D eigenvalue weighted by molar-refractivity contribution is 7.92. The average Bonchev–Trinajstić information content (AvgIpc) is 2.71. The summed E-state index contributed by atoms with van der Waals surface area (Å²) in [5, 5.41) is 0.0422. The monoisotopic (exact) mass is 280 g/mol. The van der Waals surface area contributed by atoms with E-state index in [9.17, 15) is 8.42 Å². The van der Waals surface area contributed by atoms with Crippen LogP contribution in [0.25, 0.3) is 0 Å². The minimum Gasteiger partial charge on any atom is -0.399 e. The first-order valence-electron chi connectivity index (χ1n) is 5.71. The molecule has 0 radical (unpaired) electrons. The van der Waals surface area contributed by atoms with Crippen LogP contribution in [0, 0.1) is 20.8 Å². The number of nitrogen functional groups attached to an aromatic ring is 1. The lowest BCUT2D eigenvalue weighted by Crippen LogP contribution is -2.15. The maximum absolute atomic E-state index is 12.2. The highest BCUT2D eigenvalue weighted by atomic mass is 32.2. The van der Waals surface area contributed by atoms with Crippen molar-refractivity contribution in [1.29, 1.82) is 0 Å². The van der Waals surface area contributed by atoms with Gasteiger partial charge >= 0.3 is 0 Å². The van der Waals surface area contributed by atoms with E-state index in [1.165, 1.54) is 6.20 Å². The van der Waals surface area contributed by atoms with Crippen molar-refractivity contribution in [2.45, 2.75) is 25.8 Å². The lowest BCUT2D eigenvalue weighted by atomic mass is 10.1. The zero-order chi connectivity index (χ0) is 14.2. The Bertz CT molecular complexity index is 696. The normalized spacial score (nSPS) is 11.5. The molecule has 0 aliphatic heterocycles. The van der Waals surface area contributed by atoms with Gasteiger partial charge in [0, 0.05) is 5.69 Å². The number of aromatic amines is 1. The van der Waals surface area contributed by atoms with Crippen LogP contribution in [-0.2, 0) is 10.0 Å². The van der Waals surface area contributed by atoms with Gasteiger partial charge < -0.3 is 10.7 Å². The summed E-state index contributed by atoms with van der Waals surface area (Å²) in [4.78, 5) is 6.59. The van der Waals surface area contributed by atoms with Crippen molar-refractivity contribution < 1.29 is 8.42 Å². The van der Waals surface area contributed by atoms with Gasteiger partial charge in [-0.15, -0.1) is 0 Å². The second-order valence-electron chi connectivity index (χ2n) is 4.47. The Morgan fingerprint density at radius 2 is 1.79 bits per heavy atom. The molecule has 0 unspecified atom stereocenters. The van der Waals surface area contributed by atoms with Crippen molar-refractivity contribution in [3.8, 4) is 0 Å². The second kappa shape index (κ2) is 4.58. The van der Waals surface area contributed by atoms with Crippen LogP contribution in [0.4, 0.5) is 11.4 Å². The van der Waals surface area contributed by atoms with E-state index in [4.69, 9.17) is 5.73 Å². The molecule has 1 aromatic heterocycles. The van der Waals surface area contributed by atoms with Crippen LogP contribution in [0.3, 0.4) is 0 Å². The minimum absolute atomic E-state index is 0.0422. The van der Waals surface area contributed by atoms with Crippen LogP contribution < -0.4 is 10.5 Å². The lowest BCUT2D eigenvalue weighted by molar-refractivity contribution is 0.598. The number of sulfonamides is 1. The number of H-pyrrole nitrogens is 1. The number of hydrogen-bond acceptors (Lipinski definition) is 4. The number of aromatic nitrogens is 2. The number of benzene rings is 1. The number of rotatable bonds is 3. The second-order valence-corrected chi connectivity index (χ2v) is 6.12. The van der Waals surface area contributed by atoms with Crippen molar-refractivity contribution in [1.82, 2.24) is 9.97 Å². The smallest absolute Gasteiger partial charge is 0.279 e. The highest BCUT2D eigenvalue weighted by Crippen LogP contribution is 2.25. The Labute approximate surface area is 112 Å². The third-order valence-electron chi connectivity index (χ3n) is 2.76. The van der Waals surface area contributed by atoms with Gasteiger partial charge in [0.2, 0.25) is 0 Å². The van der Waals surface area contributed by atoms with E-state index < -0.39 is 10.0 Å². The third kappa shape index (κ3) is 2.70. The number of anilines is 2. The number of nitrogens with one attached hydrogen (secondary N) is 2. The quantitative estimate of drug-likeness (QED) is 0.745. The first-order chi connectivity index (χ1) is 8.79. The molecule has 0 saturated carbocycles. The van der Waals surface area contributed by atoms with E-state index in [1.807, 2.05) is 0 Å². The zero-order valence-electron chi connectivity index (χ0n) is 11.0. The van der Waals surface area contributed by atoms with E-state index in [2.05, 4.69) is 14.7 Å². The Kier molecular flexibility index (Phi) is 3.23. The fourth-order valence-electron chi connectivity index (χ4n) is 1.88. The molecule has 0 atom stereocenters.